The zero-order valence-electron chi connectivity index (χ0n) is 11.5. The highest BCUT2D eigenvalue weighted by atomic mass is 16.5. The highest BCUT2D eigenvalue weighted by Gasteiger charge is 2.21. The van der Waals surface area contributed by atoms with Crippen molar-refractivity contribution in [1.29, 1.82) is 0 Å². The Bertz CT molecular complexity index is 486. The molecule has 0 heterocycles. The summed E-state index contributed by atoms with van der Waals surface area (Å²) in [4.78, 5) is 23.1. The number of ether oxygens (including phenoxy) is 1. The average molecular weight is 281 g/mol. The summed E-state index contributed by atoms with van der Waals surface area (Å²) in [6.45, 7) is 2.12. The van der Waals surface area contributed by atoms with Gasteiger partial charge in [0.15, 0.2) is 0 Å². The fourth-order valence-corrected chi connectivity index (χ4v) is 1.83. The van der Waals surface area contributed by atoms with Gasteiger partial charge in [0.1, 0.15) is 11.8 Å². The Kier molecular flexibility index (Phi) is 5.99. The largest absolute Gasteiger partial charge is 0.508 e. The number of methoxy groups -OCH3 is 1. The predicted octanol–water partition coefficient (Wildman–Crippen LogP) is 1.31. The van der Waals surface area contributed by atoms with Gasteiger partial charge in [0.25, 0.3) is 5.91 Å². The number of hydrogen-bond donors (Lipinski definition) is 3. The summed E-state index contributed by atoms with van der Waals surface area (Å²) in [5, 5.41) is 20.9. The molecule has 0 saturated heterocycles. The molecule has 0 aliphatic heterocycles. The third kappa shape index (κ3) is 4.55. The highest BCUT2D eigenvalue weighted by molar-refractivity contribution is 5.97. The first kappa shape index (κ1) is 16.0. The Morgan fingerprint density at radius 1 is 1.40 bits per heavy atom. The second-order valence-corrected chi connectivity index (χ2v) is 4.50. The molecule has 1 aromatic rings. The van der Waals surface area contributed by atoms with Crippen molar-refractivity contribution in [2.45, 2.75) is 25.8 Å². The molecule has 1 unspecified atom stereocenters. The lowest BCUT2D eigenvalue weighted by Crippen LogP contribution is -2.41. The Balaban J connectivity index is 2.72. The maximum atomic E-state index is 12.0. The van der Waals surface area contributed by atoms with Crippen molar-refractivity contribution in [3.05, 3.63) is 29.3 Å². The van der Waals surface area contributed by atoms with E-state index in [9.17, 15) is 14.7 Å². The second-order valence-electron chi connectivity index (χ2n) is 4.50. The number of aryl methyl sites for hydroxylation is 1. The van der Waals surface area contributed by atoms with Gasteiger partial charge in [0.05, 0.1) is 0 Å². The summed E-state index contributed by atoms with van der Waals surface area (Å²) in [6, 6.07) is 3.36. The van der Waals surface area contributed by atoms with Gasteiger partial charge >= 0.3 is 5.97 Å². The van der Waals surface area contributed by atoms with Crippen LogP contribution in [0.25, 0.3) is 0 Å². The fraction of sp³-hybridized carbons (Fsp3) is 0.429. The topological polar surface area (TPSA) is 95.9 Å². The third-order valence-corrected chi connectivity index (χ3v) is 2.90. The molecule has 1 rings (SSSR count). The Morgan fingerprint density at radius 3 is 2.65 bits per heavy atom. The van der Waals surface area contributed by atoms with E-state index >= 15 is 0 Å². The van der Waals surface area contributed by atoms with Crippen molar-refractivity contribution in [3.8, 4) is 5.75 Å². The molecular weight excluding hydrogens is 262 g/mol. The third-order valence-electron chi connectivity index (χ3n) is 2.90. The Labute approximate surface area is 117 Å². The van der Waals surface area contributed by atoms with Crippen molar-refractivity contribution in [3.63, 3.8) is 0 Å². The van der Waals surface area contributed by atoms with Crippen LogP contribution in [0, 0.1) is 6.92 Å². The molecule has 0 aromatic heterocycles. The minimum absolute atomic E-state index is 0.0638. The Hall–Kier alpha value is -2.08. The number of phenolic OH excluding ortho intramolecular Hbond substituents is 1. The smallest absolute Gasteiger partial charge is 0.326 e. The average Bonchev–Trinajstić information content (AvgIpc) is 2.37. The molecule has 0 spiro atoms. The van der Waals surface area contributed by atoms with Gasteiger partial charge in [0, 0.05) is 19.3 Å². The predicted molar refractivity (Wildman–Crippen MR) is 72.8 cm³/mol. The van der Waals surface area contributed by atoms with E-state index in [0.29, 0.717) is 30.6 Å². The molecule has 0 fully saturated rings. The van der Waals surface area contributed by atoms with Crippen LogP contribution in [0.3, 0.4) is 0 Å². The van der Waals surface area contributed by atoms with Crippen molar-refractivity contribution in [2.24, 2.45) is 0 Å². The van der Waals surface area contributed by atoms with E-state index in [0.717, 1.165) is 0 Å². The minimum Gasteiger partial charge on any atom is -0.508 e. The molecule has 0 bridgehead atoms. The molecule has 20 heavy (non-hydrogen) atoms. The highest BCUT2D eigenvalue weighted by Crippen LogP contribution is 2.15. The molecule has 0 aliphatic carbocycles. The normalized spacial score (nSPS) is 11.9. The quantitative estimate of drug-likeness (QED) is 0.655. The van der Waals surface area contributed by atoms with Crippen LogP contribution in [-0.2, 0) is 9.53 Å². The lowest BCUT2D eigenvalue weighted by atomic mass is 10.1. The van der Waals surface area contributed by atoms with Crippen LogP contribution in [0.15, 0.2) is 18.2 Å². The van der Waals surface area contributed by atoms with Crippen molar-refractivity contribution >= 4 is 11.9 Å². The lowest BCUT2D eigenvalue weighted by molar-refractivity contribution is -0.139. The van der Waals surface area contributed by atoms with E-state index in [1.165, 1.54) is 25.3 Å². The summed E-state index contributed by atoms with van der Waals surface area (Å²) >= 11 is 0. The van der Waals surface area contributed by atoms with E-state index in [1.54, 1.807) is 6.92 Å². The number of carboxylic acids is 1. The molecule has 6 heteroatoms. The molecule has 0 saturated carbocycles. The first-order valence-corrected chi connectivity index (χ1v) is 6.28. The summed E-state index contributed by atoms with van der Waals surface area (Å²) < 4.78 is 4.86. The van der Waals surface area contributed by atoms with Crippen molar-refractivity contribution < 1.29 is 24.5 Å². The van der Waals surface area contributed by atoms with E-state index < -0.39 is 17.9 Å². The first-order chi connectivity index (χ1) is 9.45. The fourth-order valence-electron chi connectivity index (χ4n) is 1.83. The monoisotopic (exact) mass is 281 g/mol. The van der Waals surface area contributed by atoms with Crippen molar-refractivity contribution in [2.75, 3.05) is 13.7 Å². The molecule has 1 atom stereocenters. The number of carbonyl (C=O) groups excluding carboxylic acids is 1. The molecule has 6 nitrogen and oxygen atoms in total. The minimum atomic E-state index is -1.08. The number of hydrogen-bond acceptors (Lipinski definition) is 4. The van der Waals surface area contributed by atoms with Gasteiger partial charge in [-0.25, -0.2) is 4.79 Å². The van der Waals surface area contributed by atoms with E-state index in [1.807, 2.05) is 0 Å². The van der Waals surface area contributed by atoms with E-state index in [-0.39, 0.29) is 5.75 Å². The zero-order chi connectivity index (χ0) is 15.1. The van der Waals surface area contributed by atoms with Gasteiger partial charge in [-0.15, -0.1) is 0 Å². The van der Waals surface area contributed by atoms with Crippen LogP contribution in [0.5, 0.6) is 5.75 Å². The molecule has 1 amide bonds. The number of benzene rings is 1. The number of carboxylic acid groups (broad SMARTS) is 1. The standard InChI is InChI=1S/C14H19NO5/c1-9-8-10(16)5-6-11(9)13(17)15-12(14(18)19)4-3-7-20-2/h5-6,8,12,16H,3-4,7H2,1-2H3,(H,15,17)(H,18,19). The van der Waals surface area contributed by atoms with Crippen LogP contribution < -0.4 is 5.32 Å². The number of rotatable bonds is 7. The van der Waals surface area contributed by atoms with Gasteiger partial charge in [-0.05, 0) is 43.5 Å². The molecule has 1 aromatic carbocycles. The van der Waals surface area contributed by atoms with Gasteiger partial charge in [-0.3, -0.25) is 4.79 Å². The maximum absolute atomic E-state index is 12.0. The number of aromatic hydroxyl groups is 1. The molecule has 110 valence electrons. The number of aliphatic carboxylic acids is 1. The van der Waals surface area contributed by atoms with Crippen LogP contribution in [0.1, 0.15) is 28.8 Å². The molecule has 0 aliphatic rings. The lowest BCUT2D eigenvalue weighted by Gasteiger charge is -2.15. The number of amides is 1. The van der Waals surface area contributed by atoms with Crippen LogP contribution in [0.2, 0.25) is 0 Å². The van der Waals surface area contributed by atoms with Crippen LogP contribution in [0.4, 0.5) is 0 Å². The van der Waals surface area contributed by atoms with Crippen LogP contribution in [-0.4, -0.2) is 41.8 Å². The van der Waals surface area contributed by atoms with Gasteiger partial charge in [-0.2, -0.15) is 0 Å². The van der Waals surface area contributed by atoms with Gasteiger partial charge in [-0.1, -0.05) is 0 Å². The zero-order valence-corrected chi connectivity index (χ0v) is 11.5. The summed E-state index contributed by atoms with van der Waals surface area (Å²) in [5.41, 5.74) is 0.935. The second kappa shape index (κ2) is 7.49. The van der Waals surface area contributed by atoms with Crippen molar-refractivity contribution in [1.82, 2.24) is 5.32 Å². The van der Waals surface area contributed by atoms with Crippen LogP contribution >= 0.6 is 0 Å². The van der Waals surface area contributed by atoms with E-state index in [4.69, 9.17) is 9.84 Å². The van der Waals surface area contributed by atoms with Gasteiger partial charge < -0.3 is 20.3 Å². The SMILES string of the molecule is COCCCC(NC(=O)c1ccc(O)cc1C)C(=O)O. The first-order valence-electron chi connectivity index (χ1n) is 6.28. The molecule has 0 radical (unpaired) electrons. The molecular formula is C14H19NO5. The molecule has 3 N–H and O–H groups in total. The maximum Gasteiger partial charge on any atom is 0.326 e. The number of phenols is 1. The number of carbonyl (C=O) groups is 2. The van der Waals surface area contributed by atoms with E-state index in [2.05, 4.69) is 5.32 Å². The number of nitrogens with one attached hydrogen (secondary N) is 1. The Morgan fingerprint density at radius 2 is 2.10 bits per heavy atom. The van der Waals surface area contributed by atoms with Gasteiger partial charge in [0.2, 0.25) is 0 Å². The summed E-state index contributed by atoms with van der Waals surface area (Å²) in [5.74, 6) is -1.48. The summed E-state index contributed by atoms with van der Waals surface area (Å²) in [7, 11) is 1.54. The summed E-state index contributed by atoms with van der Waals surface area (Å²) in [6.07, 6.45) is 0.842.